The minimum atomic E-state index is 0.597. The van der Waals surface area contributed by atoms with E-state index in [4.69, 9.17) is 0 Å². The Labute approximate surface area is 123 Å². The summed E-state index contributed by atoms with van der Waals surface area (Å²) >= 11 is 0. The molecule has 1 nitrogen and oxygen atoms in total. The van der Waals surface area contributed by atoms with Gasteiger partial charge in [-0.2, -0.15) is 0 Å². The van der Waals surface area contributed by atoms with Crippen molar-refractivity contribution >= 4 is 5.69 Å². The van der Waals surface area contributed by atoms with Crippen LogP contribution in [0.1, 0.15) is 48.9 Å². The molecule has 2 rings (SSSR count). The number of nitrogens with one attached hydrogen (secondary N) is 1. The lowest BCUT2D eigenvalue weighted by molar-refractivity contribution is 0.865. The third-order valence-electron chi connectivity index (χ3n) is 3.86. The normalized spacial score (nSPS) is 10.8. The molecular formula is C19H25N. The van der Waals surface area contributed by atoms with Crippen molar-refractivity contribution in [3.05, 3.63) is 64.7 Å². The third kappa shape index (κ3) is 3.41. The molecule has 20 heavy (non-hydrogen) atoms. The number of hydrogen-bond donors (Lipinski definition) is 1. The van der Waals surface area contributed by atoms with E-state index in [2.05, 4.69) is 75.5 Å². The Hall–Kier alpha value is -1.76. The van der Waals surface area contributed by atoms with Crippen LogP contribution in [0.5, 0.6) is 0 Å². The lowest BCUT2D eigenvalue weighted by atomic mass is 10.0. The summed E-state index contributed by atoms with van der Waals surface area (Å²) in [7, 11) is 0. The number of rotatable bonds is 5. The van der Waals surface area contributed by atoms with E-state index in [1.165, 1.54) is 27.9 Å². The molecule has 0 heterocycles. The molecule has 0 bridgehead atoms. The van der Waals surface area contributed by atoms with Crippen LogP contribution in [0.25, 0.3) is 0 Å². The molecule has 1 N–H and O–H groups in total. The average molecular weight is 267 g/mol. The Morgan fingerprint density at radius 2 is 1.70 bits per heavy atom. The van der Waals surface area contributed by atoms with Gasteiger partial charge in [-0.1, -0.05) is 63.2 Å². The quantitative estimate of drug-likeness (QED) is 0.775. The maximum absolute atomic E-state index is 3.60. The highest BCUT2D eigenvalue weighted by molar-refractivity contribution is 5.57. The fourth-order valence-electron chi connectivity index (χ4n) is 2.49. The molecule has 0 saturated carbocycles. The summed E-state index contributed by atoms with van der Waals surface area (Å²) < 4.78 is 0. The number of hydrogen-bond acceptors (Lipinski definition) is 1. The third-order valence-corrected chi connectivity index (χ3v) is 3.86. The molecule has 0 saturated heterocycles. The molecule has 0 amide bonds. The second-order valence-corrected chi connectivity index (χ2v) is 5.71. The Bertz CT molecular complexity index is 552. The van der Waals surface area contributed by atoms with Gasteiger partial charge in [-0.15, -0.1) is 0 Å². The largest absolute Gasteiger partial charge is 0.381 e. The minimum Gasteiger partial charge on any atom is -0.381 e. The van der Waals surface area contributed by atoms with Crippen molar-refractivity contribution in [3.63, 3.8) is 0 Å². The first-order chi connectivity index (χ1) is 9.61. The maximum atomic E-state index is 3.60. The zero-order valence-corrected chi connectivity index (χ0v) is 13.0. The van der Waals surface area contributed by atoms with E-state index in [9.17, 15) is 0 Å². The zero-order chi connectivity index (χ0) is 14.5. The van der Waals surface area contributed by atoms with E-state index in [1.54, 1.807) is 0 Å². The van der Waals surface area contributed by atoms with Gasteiger partial charge in [0.2, 0.25) is 0 Å². The molecule has 0 aliphatic rings. The van der Waals surface area contributed by atoms with Gasteiger partial charge in [0, 0.05) is 12.2 Å². The molecule has 0 radical (unpaired) electrons. The zero-order valence-electron chi connectivity index (χ0n) is 13.0. The first-order valence-electron chi connectivity index (χ1n) is 7.53. The Morgan fingerprint density at radius 3 is 2.30 bits per heavy atom. The van der Waals surface area contributed by atoms with Gasteiger partial charge in [0.05, 0.1) is 0 Å². The number of anilines is 1. The Morgan fingerprint density at radius 1 is 1.00 bits per heavy atom. The van der Waals surface area contributed by atoms with Crippen molar-refractivity contribution < 1.29 is 0 Å². The van der Waals surface area contributed by atoms with Crippen molar-refractivity contribution in [2.24, 2.45) is 0 Å². The van der Waals surface area contributed by atoms with Crippen molar-refractivity contribution in [2.45, 2.75) is 46.6 Å². The molecular weight excluding hydrogens is 242 g/mol. The van der Waals surface area contributed by atoms with Crippen LogP contribution in [-0.4, -0.2) is 0 Å². The van der Waals surface area contributed by atoms with Crippen molar-refractivity contribution in [2.75, 3.05) is 5.32 Å². The highest BCUT2D eigenvalue weighted by atomic mass is 14.9. The van der Waals surface area contributed by atoms with E-state index in [0.717, 1.165) is 13.0 Å². The second kappa shape index (κ2) is 6.60. The van der Waals surface area contributed by atoms with E-state index >= 15 is 0 Å². The van der Waals surface area contributed by atoms with E-state index in [0.29, 0.717) is 5.92 Å². The predicted molar refractivity (Wildman–Crippen MR) is 88.4 cm³/mol. The monoisotopic (exact) mass is 267 g/mol. The molecule has 0 aromatic heterocycles. The van der Waals surface area contributed by atoms with Gasteiger partial charge in [-0.25, -0.2) is 0 Å². The fourth-order valence-corrected chi connectivity index (χ4v) is 2.49. The van der Waals surface area contributed by atoms with E-state index < -0.39 is 0 Å². The average Bonchev–Trinajstić information content (AvgIpc) is 2.46. The fraction of sp³-hybridized carbons (Fsp3) is 0.368. The molecule has 0 aliphatic heterocycles. The maximum Gasteiger partial charge on any atom is 0.0404 e. The van der Waals surface area contributed by atoms with E-state index in [-0.39, 0.29) is 0 Å². The van der Waals surface area contributed by atoms with Gasteiger partial charge in [0.25, 0.3) is 0 Å². The van der Waals surface area contributed by atoms with Crippen molar-refractivity contribution in [1.82, 2.24) is 0 Å². The minimum absolute atomic E-state index is 0.597. The van der Waals surface area contributed by atoms with Gasteiger partial charge in [0.15, 0.2) is 0 Å². The van der Waals surface area contributed by atoms with Gasteiger partial charge in [0.1, 0.15) is 0 Å². The second-order valence-electron chi connectivity index (χ2n) is 5.71. The lowest BCUT2D eigenvalue weighted by Crippen LogP contribution is -2.04. The van der Waals surface area contributed by atoms with Gasteiger partial charge in [-0.3, -0.25) is 0 Å². The summed E-state index contributed by atoms with van der Waals surface area (Å²) in [4.78, 5) is 0. The standard InChI is InChI=1S/C19H25N/c1-5-17-8-6-7-15(4)19(17)20-13-16-9-11-18(12-10-16)14(2)3/h6-12,14,20H,5,13H2,1-4H3. The van der Waals surface area contributed by atoms with E-state index in [1.807, 2.05) is 0 Å². The molecule has 0 unspecified atom stereocenters. The Kier molecular flexibility index (Phi) is 4.84. The molecule has 106 valence electrons. The van der Waals surface area contributed by atoms with Gasteiger partial charge >= 0.3 is 0 Å². The topological polar surface area (TPSA) is 12.0 Å². The summed E-state index contributed by atoms with van der Waals surface area (Å²) in [6.07, 6.45) is 1.07. The van der Waals surface area contributed by atoms with Crippen molar-refractivity contribution in [3.8, 4) is 0 Å². The van der Waals surface area contributed by atoms with Crippen molar-refractivity contribution in [1.29, 1.82) is 0 Å². The first kappa shape index (κ1) is 14.6. The number of para-hydroxylation sites is 1. The van der Waals surface area contributed by atoms with Crippen LogP contribution in [0.2, 0.25) is 0 Å². The summed E-state index contributed by atoms with van der Waals surface area (Å²) in [5, 5.41) is 3.60. The molecule has 0 fully saturated rings. The number of benzene rings is 2. The molecule has 0 atom stereocenters. The lowest BCUT2D eigenvalue weighted by Gasteiger charge is -2.14. The predicted octanol–water partition coefficient (Wildman–Crippen LogP) is 5.29. The summed E-state index contributed by atoms with van der Waals surface area (Å²) in [6, 6.07) is 15.4. The molecule has 1 heteroatoms. The van der Waals surface area contributed by atoms with Crippen LogP contribution in [0, 0.1) is 6.92 Å². The summed E-state index contributed by atoms with van der Waals surface area (Å²) in [5.41, 5.74) is 6.74. The molecule has 2 aromatic rings. The van der Waals surface area contributed by atoms with Gasteiger partial charge < -0.3 is 5.32 Å². The highest BCUT2D eigenvalue weighted by Crippen LogP contribution is 2.22. The smallest absolute Gasteiger partial charge is 0.0404 e. The van der Waals surface area contributed by atoms with Crippen LogP contribution in [0.15, 0.2) is 42.5 Å². The summed E-state index contributed by atoms with van der Waals surface area (Å²) in [5.74, 6) is 0.597. The van der Waals surface area contributed by atoms with Crippen LogP contribution in [0.3, 0.4) is 0 Å². The molecule has 0 aliphatic carbocycles. The Balaban J connectivity index is 2.09. The molecule has 0 spiro atoms. The van der Waals surface area contributed by atoms with Crippen LogP contribution < -0.4 is 5.32 Å². The SMILES string of the molecule is CCc1cccc(C)c1NCc1ccc(C(C)C)cc1. The molecule has 2 aromatic carbocycles. The summed E-state index contributed by atoms with van der Waals surface area (Å²) in [6.45, 7) is 9.72. The van der Waals surface area contributed by atoms with Crippen LogP contribution >= 0.6 is 0 Å². The van der Waals surface area contributed by atoms with Gasteiger partial charge in [-0.05, 0) is 41.5 Å². The first-order valence-corrected chi connectivity index (χ1v) is 7.53. The van der Waals surface area contributed by atoms with Crippen LogP contribution in [-0.2, 0) is 13.0 Å². The highest BCUT2D eigenvalue weighted by Gasteiger charge is 2.04. The van der Waals surface area contributed by atoms with Crippen LogP contribution in [0.4, 0.5) is 5.69 Å². The number of aryl methyl sites for hydroxylation is 2.